The zero-order valence-corrected chi connectivity index (χ0v) is 15.2. The van der Waals surface area contributed by atoms with Gasteiger partial charge in [0.2, 0.25) is 5.95 Å². The van der Waals surface area contributed by atoms with Crippen molar-refractivity contribution in [3.8, 4) is 0 Å². The molecule has 7 nitrogen and oxygen atoms in total. The molecule has 138 valence electrons. The highest BCUT2D eigenvalue weighted by atomic mass is 16.5. The van der Waals surface area contributed by atoms with Gasteiger partial charge in [0.15, 0.2) is 5.76 Å². The number of nitrogens with one attached hydrogen (secondary N) is 1. The molecule has 2 aliphatic rings. The van der Waals surface area contributed by atoms with Crippen LogP contribution in [0.2, 0.25) is 0 Å². The molecule has 2 aromatic heterocycles. The van der Waals surface area contributed by atoms with Gasteiger partial charge >= 0.3 is 0 Å². The van der Waals surface area contributed by atoms with Gasteiger partial charge in [-0.25, -0.2) is 9.97 Å². The molecular weight excluding hydrogens is 332 g/mol. The minimum absolute atomic E-state index is 0.0430. The van der Waals surface area contributed by atoms with Crippen molar-refractivity contribution in [2.24, 2.45) is 5.92 Å². The fourth-order valence-corrected chi connectivity index (χ4v) is 3.86. The van der Waals surface area contributed by atoms with Crippen LogP contribution < -0.4 is 5.32 Å². The number of likely N-dealkylation sites (tertiary alicyclic amines) is 1. The number of anilines is 1. The van der Waals surface area contributed by atoms with Gasteiger partial charge in [-0.15, -0.1) is 0 Å². The van der Waals surface area contributed by atoms with Crippen LogP contribution in [-0.2, 0) is 4.74 Å². The Morgan fingerprint density at radius 2 is 2.12 bits per heavy atom. The van der Waals surface area contributed by atoms with E-state index in [0.29, 0.717) is 30.7 Å². The molecule has 1 spiro atoms. The summed E-state index contributed by atoms with van der Waals surface area (Å²) in [6.07, 6.45) is 7.17. The highest BCUT2D eigenvalue weighted by molar-refractivity contribution is 5.93. The number of furan rings is 1. The van der Waals surface area contributed by atoms with E-state index in [2.05, 4.69) is 15.3 Å². The number of nitrogens with zero attached hydrogens (tertiary/aromatic N) is 3. The number of rotatable bonds is 5. The number of aryl methyl sites for hydroxylation is 2. The maximum absolute atomic E-state index is 12.5. The summed E-state index contributed by atoms with van der Waals surface area (Å²) in [5.41, 5.74) is 1.72. The Hall–Kier alpha value is -2.41. The van der Waals surface area contributed by atoms with Crippen LogP contribution >= 0.6 is 0 Å². The minimum Gasteiger partial charge on any atom is -0.459 e. The Morgan fingerprint density at radius 1 is 1.35 bits per heavy atom. The van der Waals surface area contributed by atoms with Gasteiger partial charge in [-0.1, -0.05) is 0 Å². The van der Waals surface area contributed by atoms with E-state index in [-0.39, 0.29) is 11.5 Å². The maximum Gasteiger partial charge on any atom is 0.290 e. The summed E-state index contributed by atoms with van der Waals surface area (Å²) >= 11 is 0. The van der Waals surface area contributed by atoms with Crippen LogP contribution in [0.1, 0.15) is 34.5 Å². The average molecular weight is 356 g/mol. The van der Waals surface area contributed by atoms with Crippen LogP contribution in [0.4, 0.5) is 5.95 Å². The number of amides is 1. The lowest BCUT2D eigenvalue weighted by molar-refractivity contribution is -0.118. The Labute approximate surface area is 152 Å². The Balaban J connectivity index is 1.31. The number of carbonyl (C=O) groups is 1. The van der Waals surface area contributed by atoms with Gasteiger partial charge in [-0.2, -0.15) is 0 Å². The van der Waals surface area contributed by atoms with Crippen LogP contribution in [-0.4, -0.2) is 52.6 Å². The maximum atomic E-state index is 12.5. The van der Waals surface area contributed by atoms with Gasteiger partial charge in [0, 0.05) is 31.1 Å². The fraction of sp³-hybridized carbons (Fsp3) is 0.526. The van der Waals surface area contributed by atoms with Gasteiger partial charge in [-0.3, -0.25) is 4.79 Å². The third kappa shape index (κ3) is 3.07. The van der Waals surface area contributed by atoms with Crippen molar-refractivity contribution in [2.75, 3.05) is 31.6 Å². The van der Waals surface area contributed by atoms with Gasteiger partial charge in [0.05, 0.1) is 19.4 Å². The smallest absolute Gasteiger partial charge is 0.290 e. The molecule has 1 unspecified atom stereocenters. The summed E-state index contributed by atoms with van der Waals surface area (Å²) < 4.78 is 11.4. The van der Waals surface area contributed by atoms with Crippen molar-refractivity contribution in [3.63, 3.8) is 0 Å². The van der Waals surface area contributed by atoms with Crippen molar-refractivity contribution in [2.45, 2.75) is 32.3 Å². The van der Waals surface area contributed by atoms with E-state index in [4.69, 9.17) is 9.15 Å². The lowest BCUT2D eigenvalue weighted by atomic mass is 9.78. The molecule has 2 fully saturated rings. The van der Waals surface area contributed by atoms with Crippen LogP contribution in [0.15, 0.2) is 29.1 Å². The predicted molar refractivity (Wildman–Crippen MR) is 96.0 cm³/mol. The molecular formula is C19H24N4O3. The van der Waals surface area contributed by atoms with Crippen LogP contribution in [0.25, 0.3) is 0 Å². The van der Waals surface area contributed by atoms with Gasteiger partial charge in [0.25, 0.3) is 5.91 Å². The summed E-state index contributed by atoms with van der Waals surface area (Å²) in [5.74, 6) is 1.48. The molecule has 0 aromatic carbocycles. The molecule has 1 N–H and O–H groups in total. The zero-order chi connectivity index (χ0) is 18.1. The molecule has 1 atom stereocenters. The fourth-order valence-electron chi connectivity index (χ4n) is 3.86. The Bertz CT molecular complexity index is 780. The second-order valence-corrected chi connectivity index (χ2v) is 7.29. The van der Waals surface area contributed by atoms with Crippen molar-refractivity contribution in [1.29, 1.82) is 0 Å². The summed E-state index contributed by atoms with van der Waals surface area (Å²) in [4.78, 5) is 22.9. The van der Waals surface area contributed by atoms with Gasteiger partial charge < -0.3 is 19.4 Å². The molecule has 2 aromatic rings. The molecule has 4 heterocycles. The van der Waals surface area contributed by atoms with Crippen molar-refractivity contribution in [3.05, 3.63) is 41.6 Å². The third-order valence-electron chi connectivity index (χ3n) is 5.42. The number of aromatic nitrogens is 2. The van der Waals surface area contributed by atoms with Crippen molar-refractivity contribution >= 4 is 11.9 Å². The molecule has 0 saturated carbocycles. The molecule has 2 aliphatic heterocycles. The SMILES string of the molecule is Cc1cnc(NCCC2CCOC23CN(C(=O)c2occc2C)C3)nc1. The molecule has 0 aliphatic carbocycles. The zero-order valence-electron chi connectivity index (χ0n) is 15.2. The predicted octanol–water partition coefficient (Wildman–Crippen LogP) is 2.42. The van der Waals surface area contributed by atoms with E-state index in [0.717, 1.165) is 37.1 Å². The molecule has 2 saturated heterocycles. The lowest BCUT2D eigenvalue weighted by Crippen LogP contribution is -2.66. The van der Waals surface area contributed by atoms with Gasteiger partial charge in [-0.05, 0) is 44.2 Å². The summed E-state index contributed by atoms with van der Waals surface area (Å²) in [5, 5.41) is 3.28. The number of carbonyl (C=O) groups excluding carboxylic acids is 1. The molecule has 0 bridgehead atoms. The Kier molecular flexibility index (Phi) is 4.40. The molecule has 1 amide bonds. The minimum atomic E-state index is -0.202. The average Bonchev–Trinajstić information content (AvgIpc) is 3.21. The van der Waals surface area contributed by atoms with Crippen LogP contribution in [0.5, 0.6) is 0 Å². The highest BCUT2D eigenvalue weighted by Gasteiger charge is 2.54. The van der Waals surface area contributed by atoms with E-state index in [1.54, 1.807) is 6.26 Å². The van der Waals surface area contributed by atoms with E-state index in [9.17, 15) is 4.79 Å². The van der Waals surface area contributed by atoms with E-state index >= 15 is 0 Å². The first-order chi connectivity index (χ1) is 12.6. The van der Waals surface area contributed by atoms with E-state index < -0.39 is 0 Å². The summed E-state index contributed by atoms with van der Waals surface area (Å²) in [6, 6.07) is 1.82. The topological polar surface area (TPSA) is 80.5 Å². The molecule has 0 radical (unpaired) electrons. The normalized spacial score (nSPS) is 21.0. The third-order valence-corrected chi connectivity index (χ3v) is 5.42. The Morgan fingerprint density at radius 3 is 2.81 bits per heavy atom. The van der Waals surface area contributed by atoms with Gasteiger partial charge in [0.1, 0.15) is 5.60 Å². The summed E-state index contributed by atoms with van der Waals surface area (Å²) in [7, 11) is 0. The number of hydrogen-bond donors (Lipinski definition) is 1. The largest absolute Gasteiger partial charge is 0.459 e. The lowest BCUT2D eigenvalue weighted by Gasteiger charge is -2.50. The van der Waals surface area contributed by atoms with Crippen molar-refractivity contribution in [1.82, 2.24) is 14.9 Å². The molecule has 4 rings (SSSR count). The quantitative estimate of drug-likeness (QED) is 0.886. The van der Waals surface area contributed by atoms with Crippen LogP contribution in [0.3, 0.4) is 0 Å². The first kappa shape index (κ1) is 17.0. The van der Waals surface area contributed by atoms with E-state index in [1.807, 2.05) is 37.2 Å². The van der Waals surface area contributed by atoms with Crippen molar-refractivity contribution < 1.29 is 13.9 Å². The second kappa shape index (κ2) is 6.72. The molecule has 26 heavy (non-hydrogen) atoms. The summed E-state index contributed by atoms with van der Waals surface area (Å²) in [6.45, 7) is 6.68. The first-order valence-corrected chi connectivity index (χ1v) is 9.07. The first-order valence-electron chi connectivity index (χ1n) is 9.07. The van der Waals surface area contributed by atoms with E-state index in [1.165, 1.54) is 0 Å². The monoisotopic (exact) mass is 356 g/mol. The van der Waals surface area contributed by atoms with Crippen LogP contribution in [0, 0.1) is 19.8 Å². The number of ether oxygens (including phenoxy) is 1. The number of hydrogen-bond acceptors (Lipinski definition) is 6. The molecule has 7 heteroatoms. The highest BCUT2D eigenvalue weighted by Crippen LogP contribution is 2.42. The standard InChI is InChI=1S/C19H24N4O3/c1-13-9-21-18(22-10-13)20-6-3-15-5-8-26-19(15)11-23(12-19)17(24)16-14(2)4-7-25-16/h4,7,9-10,15H,3,5-6,8,11-12H2,1-2H3,(H,20,21,22). The second-order valence-electron chi connectivity index (χ2n) is 7.29.